The predicted octanol–water partition coefficient (Wildman–Crippen LogP) is 2.51. The molecule has 21 heavy (non-hydrogen) atoms. The highest BCUT2D eigenvalue weighted by Crippen LogP contribution is 2.24. The van der Waals surface area contributed by atoms with Gasteiger partial charge in [-0.05, 0) is 40.9 Å². The van der Waals surface area contributed by atoms with Gasteiger partial charge < -0.3 is 4.74 Å². The van der Waals surface area contributed by atoms with E-state index in [0.717, 1.165) is 47.6 Å². The van der Waals surface area contributed by atoms with Crippen molar-refractivity contribution in [3.05, 3.63) is 45.6 Å². The summed E-state index contributed by atoms with van der Waals surface area (Å²) in [7, 11) is 1.65. The third-order valence-corrected chi connectivity index (χ3v) is 4.06. The molecule has 0 amide bonds. The van der Waals surface area contributed by atoms with Gasteiger partial charge >= 0.3 is 0 Å². The maximum absolute atomic E-state index is 5.35. The van der Waals surface area contributed by atoms with Crippen molar-refractivity contribution < 1.29 is 4.74 Å². The van der Waals surface area contributed by atoms with Crippen molar-refractivity contribution in [2.75, 3.05) is 13.7 Å². The first-order valence-electron chi connectivity index (χ1n) is 6.88. The summed E-state index contributed by atoms with van der Waals surface area (Å²) in [6.07, 6.45) is 4.69. The van der Waals surface area contributed by atoms with E-state index in [1.807, 2.05) is 13.1 Å². The van der Waals surface area contributed by atoms with Gasteiger partial charge in [0.1, 0.15) is 5.82 Å². The summed E-state index contributed by atoms with van der Waals surface area (Å²) in [6, 6.07) is 2.06. The number of methoxy groups -OCH3 is 1. The Hall–Kier alpha value is -1.53. The smallest absolute Gasteiger partial charge is 0.217 e. The number of aryl methyl sites for hydroxylation is 1. The fraction of sp³-hybridized carbons (Fsp3) is 0.400. The maximum atomic E-state index is 5.35. The first-order chi connectivity index (χ1) is 10.2. The van der Waals surface area contributed by atoms with Crippen molar-refractivity contribution in [3.8, 4) is 5.88 Å². The molecule has 0 spiro atoms. The van der Waals surface area contributed by atoms with Crippen LogP contribution in [0.1, 0.15) is 22.6 Å². The zero-order valence-electron chi connectivity index (χ0n) is 12.1. The van der Waals surface area contributed by atoms with E-state index in [1.54, 1.807) is 13.3 Å². The molecule has 0 saturated heterocycles. The third-order valence-electron chi connectivity index (χ3n) is 3.62. The van der Waals surface area contributed by atoms with Gasteiger partial charge in [-0.3, -0.25) is 4.90 Å². The fourth-order valence-electron chi connectivity index (χ4n) is 2.60. The molecule has 1 aliphatic heterocycles. The predicted molar refractivity (Wildman–Crippen MR) is 83.1 cm³/mol. The number of fused-ring (bicyclic) bond motifs is 1. The van der Waals surface area contributed by atoms with Crippen LogP contribution < -0.4 is 4.74 Å². The molecule has 5 nitrogen and oxygen atoms in total. The van der Waals surface area contributed by atoms with E-state index in [0.29, 0.717) is 5.88 Å². The van der Waals surface area contributed by atoms with Crippen LogP contribution >= 0.6 is 15.9 Å². The van der Waals surface area contributed by atoms with Gasteiger partial charge in [0.2, 0.25) is 5.88 Å². The number of rotatable bonds is 3. The second-order valence-corrected chi connectivity index (χ2v) is 6.09. The molecular weight excluding hydrogens is 332 g/mol. The molecule has 0 aromatic carbocycles. The lowest BCUT2D eigenvalue weighted by molar-refractivity contribution is 0.236. The fourth-order valence-corrected chi connectivity index (χ4v) is 2.98. The number of nitrogens with zero attached hydrogens (tertiary/aromatic N) is 4. The monoisotopic (exact) mass is 348 g/mol. The van der Waals surface area contributed by atoms with E-state index >= 15 is 0 Å². The van der Waals surface area contributed by atoms with Crippen LogP contribution in [0.3, 0.4) is 0 Å². The molecule has 0 aliphatic carbocycles. The molecule has 2 aromatic heterocycles. The molecule has 110 valence electrons. The second kappa shape index (κ2) is 6.07. The van der Waals surface area contributed by atoms with E-state index < -0.39 is 0 Å². The summed E-state index contributed by atoms with van der Waals surface area (Å²) in [5.41, 5.74) is 3.48. The van der Waals surface area contributed by atoms with E-state index in [2.05, 4.69) is 41.8 Å². The molecule has 0 fully saturated rings. The topological polar surface area (TPSA) is 51.1 Å². The number of halogens is 1. The minimum Gasteiger partial charge on any atom is -0.481 e. The lowest BCUT2D eigenvalue weighted by atomic mass is 10.1. The molecule has 6 heteroatoms. The van der Waals surface area contributed by atoms with Crippen molar-refractivity contribution >= 4 is 15.9 Å². The third kappa shape index (κ3) is 3.22. The molecule has 2 aromatic rings. The Morgan fingerprint density at radius 1 is 1.33 bits per heavy atom. The number of hydrogen-bond donors (Lipinski definition) is 0. The van der Waals surface area contributed by atoms with Crippen LogP contribution in [0.4, 0.5) is 0 Å². The Kier molecular flexibility index (Phi) is 4.17. The summed E-state index contributed by atoms with van der Waals surface area (Å²) < 4.78 is 6.31. The van der Waals surface area contributed by atoms with Crippen LogP contribution in [0.2, 0.25) is 0 Å². The van der Waals surface area contributed by atoms with E-state index in [1.165, 1.54) is 5.56 Å². The van der Waals surface area contributed by atoms with Crippen LogP contribution in [0.25, 0.3) is 0 Å². The van der Waals surface area contributed by atoms with E-state index in [4.69, 9.17) is 4.74 Å². The van der Waals surface area contributed by atoms with Crippen LogP contribution in [0.15, 0.2) is 22.9 Å². The summed E-state index contributed by atoms with van der Waals surface area (Å²) in [6.45, 7) is 4.57. The zero-order valence-corrected chi connectivity index (χ0v) is 13.7. The Labute approximate surface area is 132 Å². The Balaban J connectivity index is 1.79. The molecule has 3 heterocycles. The van der Waals surface area contributed by atoms with E-state index in [9.17, 15) is 0 Å². The minimum absolute atomic E-state index is 0.683. The molecule has 1 aliphatic rings. The standard InChI is InChI=1S/C15H17BrN4O/c1-10-17-6-11-3-4-20(9-14(11)19-10)8-12-5-13(16)7-18-15(12)21-2/h5-7H,3-4,8-9H2,1-2H3. The maximum Gasteiger partial charge on any atom is 0.217 e. The van der Waals surface area contributed by atoms with E-state index in [-0.39, 0.29) is 0 Å². The first-order valence-corrected chi connectivity index (χ1v) is 7.67. The van der Waals surface area contributed by atoms with Crippen molar-refractivity contribution in [3.63, 3.8) is 0 Å². The highest BCUT2D eigenvalue weighted by atomic mass is 79.9. The zero-order chi connectivity index (χ0) is 14.8. The lowest BCUT2D eigenvalue weighted by Crippen LogP contribution is -2.31. The molecule has 0 saturated carbocycles. The molecule has 0 atom stereocenters. The quantitative estimate of drug-likeness (QED) is 0.852. The number of pyridine rings is 1. The van der Waals surface area contributed by atoms with Gasteiger partial charge in [0.05, 0.1) is 12.8 Å². The highest BCUT2D eigenvalue weighted by molar-refractivity contribution is 9.10. The number of aromatic nitrogens is 3. The normalized spacial score (nSPS) is 14.8. The first kappa shape index (κ1) is 14.4. The van der Waals surface area contributed by atoms with Gasteiger partial charge in [-0.15, -0.1) is 0 Å². The average molecular weight is 349 g/mol. The van der Waals surface area contributed by atoms with Gasteiger partial charge in [-0.2, -0.15) is 0 Å². The summed E-state index contributed by atoms with van der Waals surface area (Å²) in [4.78, 5) is 15.5. The average Bonchev–Trinajstić information content (AvgIpc) is 2.47. The summed E-state index contributed by atoms with van der Waals surface area (Å²) in [5, 5.41) is 0. The summed E-state index contributed by atoms with van der Waals surface area (Å²) >= 11 is 3.47. The highest BCUT2D eigenvalue weighted by Gasteiger charge is 2.19. The largest absolute Gasteiger partial charge is 0.481 e. The molecule has 0 unspecified atom stereocenters. The van der Waals surface area contributed by atoms with Gasteiger partial charge in [-0.25, -0.2) is 15.0 Å². The Morgan fingerprint density at radius 3 is 3.00 bits per heavy atom. The molecule has 3 rings (SSSR count). The lowest BCUT2D eigenvalue weighted by Gasteiger charge is -2.28. The van der Waals surface area contributed by atoms with Crippen molar-refractivity contribution in [1.29, 1.82) is 0 Å². The van der Waals surface area contributed by atoms with Gasteiger partial charge in [0.25, 0.3) is 0 Å². The van der Waals surface area contributed by atoms with Crippen molar-refractivity contribution in [2.24, 2.45) is 0 Å². The number of ether oxygens (including phenoxy) is 1. The second-order valence-electron chi connectivity index (χ2n) is 5.17. The van der Waals surface area contributed by atoms with Crippen LogP contribution in [-0.2, 0) is 19.5 Å². The van der Waals surface area contributed by atoms with Crippen LogP contribution in [0.5, 0.6) is 5.88 Å². The molecular formula is C15H17BrN4O. The van der Waals surface area contributed by atoms with Crippen molar-refractivity contribution in [2.45, 2.75) is 26.4 Å². The van der Waals surface area contributed by atoms with Crippen molar-refractivity contribution in [1.82, 2.24) is 19.9 Å². The Bertz CT molecular complexity index is 662. The van der Waals surface area contributed by atoms with Gasteiger partial charge in [0.15, 0.2) is 0 Å². The Morgan fingerprint density at radius 2 is 2.19 bits per heavy atom. The number of hydrogen-bond acceptors (Lipinski definition) is 5. The van der Waals surface area contributed by atoms with Gasteiger partial charge in [0, 0.05) is 42.1 Å². The van der Waals surface area contributed by atoms with Crippen LogP contribution in [0, 0.1) is 6.92 Å². The SMILES string of the molecule is COc1ncc(Br)cc1CN1CCc2cnc(C)nc2C1. The van der Waals surface area contributed by atoms with Crippen LogP contribution in [-0.4, -0.2) is 33.5 Å². The minimum atomic E-state index is 0.683. The van der Waals surface area contributed by atoms with Gasteiger partial charge in [-0.1, -0.05) is 0 Å². The molecule has 0 bridgehead atoms. The molecule has 0 N–H and O–H groups in total. The molecule has 0 radical (unpaired) electrons. The summed E-state index contributed by atoms with van der Waals surface area (Å²) in [5.74, 6) is 1.51.